The Morgan fingerprint density at radius 2 is 2.15 bits per heavy atom. The Labute approximate surface area is 116 Å². The number of aliphatic hydroxyl groups is 1. The summed E-state index contributed by atoms with van der Waals surface area (Å²) in [6.07, 6.45) is -1.15. The molecule has 114 valence electrons. The van der Waals surface area contributed by atoms with Crippen molar-refractivity contribution in [2.75, 3.05) is 11.9 Å². The molecule has 2 amide bonds. The smallest absolute Gasteiger partial charge is 0.320 e. The molecule has 1 aromatic heterocycles. The van der Waals surface area contributed by atoms with Crippen molar-refractivity contribution in [1.29, 1.82) is 0 Å². The van der Waals surface area contributed by atoms with Gasteiger partial charge in [-0.15, -0.1) is 0 Å². The summed E-state index contributed by atoms with van der Waals surface area (Å²) >= 11 is 0. The molecule has 0 spiro atoms. The second kappa shape index (κ2) is 6.65. The van der Waals surface area contributed by atoms with Crippen molar-refractivity contribution in [2.45, 2.75) is 39.8 Å². The van der Waals surface area contributed by atoms with Gasteiger partial charge in [0.25, 0.3) is 6.43 Å². The van der Waals surface area contributed by atoms with Gasteiger partial charge >= 0.3 is 6.03 Å². The van der Waals surface area contributed by atoms with Gasteiger partial charge in [-0.3, -0.25) is 10.00 Å². The number of hydrogen-bond acceptors (Lipinski definition) is 3. The van der Waals surface area contributed by atoms with Gasteiger partial charge in [0.2, 0.25) is 0 Å². The molecule has 3 N–H and O–H groups in total. The van der Waals surface area contributed by atoms with Gasteiger partial charge in [0.1, 0.15) is 6.54 Å². The number of nitrogens with zero attached hydrogens (tertiary/aromatic N) is 2. The molecule has 0 fully saturated rings. The number of anilines is 1. The van der Waals surface area contributed by atoms with Crippen molar-refractivity contribution in [3.63, 3.8) is 0 Å². The highest BCUT2D eigenvalue weighted by atomic mass is 19.3. The second-order valence-corrected chi connectivity index (χ2v) is 5.51. The fourth-order valence-corrected chi connectivity index (χ4v) is 1.52. The van der Waals surface area contributed by atoms with E-state index in [1.54, 1.807) is 0 Å². The quantitative estimate of drug-likeness (QED) is 0.772. The second-order valence-electron chi connectivity index (χ2n) is 5.51. The summed E-state index contributed by atoms with van der Waals surface area (Å²) in [4.78, 5) is 11.7. The Kier molecular flexibility index (Phi) is 5.43. The number of rotatable bonds is 5. The van der Waals surface area contributed by atoms with Crippen LogP contribution in [0.2, 0.25) is 0 Å². The van der Waals surface area contributed by atoms with Crippen molar-refractivity contribution in [3.05, 3.63) is 12.3 Å². The number of alkyl halides is 2. The lowest BCUT2D eigenvalue weighted by Gasteiger charge is -2.29. The van der Waals surface area contributed by atoms with Crippen molar-refractivity contribution in [1.82, 2.24) is 15.1 Å². The van der Waals surface area contributed by atoms with Crippen LogP contribution >= 0.6 is 0 Å². The number of nitrogens with one attached hydrogen (secondary N) is 2. The Hall–Kier alpha value is -1.70. The molecule has 0 saturated heterocycles. The molecular weight excluding hydrogens is 270 g/mol. The Morgan fingerprint density at radius 3 is 2.65 bits per heavy atom. The first-order valence-electron chi connectivity index (χ1n) is 6.22. The van der Waals surface area contributed by atoms with Crippen molar-refractivity contribution >= 4 is 11.8 Å². The number of aliphatic hydroxyl groups excluding tert-OH is 1. The lowest BCUT2D eigenvalue weighted by molar-refractivity contribution is 0.122. The maximum absolute atomic E-state index is 12.2. The number of urea groups is 1. The van der Waals surface area contributed by atoms with E-state index in [4.69, 9.17) is 0 Å². The highest BCUT2D eigenvalue weighted by Gasteiger charge is 2.25. The molecule has 1 rings (SSSR count). The van der Waals surface area contributed by atoms with E-state index in [1.165, 1.54) is 12.3 Å². The first-order chi connectivity index (χ1) is 9.22. The summed E-state index contributed by atoms with van der Waals surface area (Å²) in [5.74, 6) is 0.175. The number of amides is 2. The van der Waals surface area contributed by atoms with Gasteiger partial charge in [-0.1, -0.05) is 20.8 Å². The minimum absolute atomic E-state index is 0.175. The van der Waals surface area contributed by atoms with Crippen LogP contribution in [0.5, 0.6) is 0 Å². The SMILES string of the molecule is CC(C)(C)[C@@H](CO)NC(=O)Nc1ccn(CC(F)F)n1. The number of hydrogen-bond donors (Lipinski definition) is 3. The van der Waals surface area contributed by atoms with Crippen LogP contribution in [0.3, 0.4) is 0 Å². The number of aromatic nitrogens is 2. The van der Waals surface area contributed by atoms with Gasteiger partial charge in [-0.2, -0.15) is 5.10 Å². The largest absolute Gasteiger partial charge is 0.394 e. The minimum Gasteiger partial charge on any atom is -0.394 e. The van der Waals surface area contributed by atoms with E-state index >= 15 is 0 Å². The van der Waals surface area contributed by atoms with Gasteiger partial charge in [0.05, 0.1) is 12.6 Å². The molecule has 1 atom stereocenters. The summed E-state index contributed by atoms with van der Waals surface area (Å²) in [6.45, 7) is 4.92. The maximum atomic E-state index is 12.2. The van der Waals surface area contributed by atoms with Crippen molar-refractivity contribution < 1.29 is 18.7 Å². The van der Waals surface area contributed by atoms with Gasteiger partial charge in [0.15, 0.2) is 5.82 Å². The fraction of sp³-hybridized carbons (Fsp3) is 0.667. The zero-order valence-electron chi connectivity index (χ0n) is 11.7. The molecule has 20 heavy (non-hydrogen) atoms. The molecule has 6 nitrogen and oxygen atoms in total. The molecule has 1 heterocycles. The highest BCUT2D eigenvalue weighted by Crippen LogP contribution is 2.18. The van der Waals surface area contributed by atoms with Crippen LogP contribution < -0.4 is 10.6 Å². The number of carbonyl (C=O) groups excluding carboxylic acids is 1. The van der Waals surface area contributed by atoms with Gasteiger partial charge < -0.3 is 10.4 Å². The predicted octanol–water partition coefficient (Wildman–Crippen LogP) is 1.68. The van der Waals surface area contributed by atoms with Crippen molar-refractivity contribution in [3.8, 4) is 0 Å². The molecule has 1 aromatic rings. The fourth-order valence-electron chi connectivity index (χ4n) is 1.52. The van der Waals surface area contributed by atoms with Crippen LogP contribution in [-0.4, -0.2) is 40.0 Å². The Morgan fingerprint density at radius 1 is 1.50 bits per heavy atom. The highest BCUT2D eigenvalue weighted by molar-refractivity contribution is 5.88. The van der Waals surface area contributed by atoms with E-state index < -0.39 is 25.0 Å². The molecule has 0 aliphatic heterocycles. The van der Waals surface area contributed by atoms with E-state index in [-0.39, 0.29) is 17.8 Å². The molecule has 0 unspecified atom stereocenters. The van der Waals surface area contributed by atoms with Crippen LogP contribution in [0.1, 0.15) is 20.8 Å². The van der Waals surface area contributed by atoms with E-state index in [0.717, 1.165) is 4.68 Å². The van der Waals surface area contributed by atoms with Crippen LogP contribution in [0.25, 0.3) is 0 Å². The third kappa shape index (κ3) is 5.12. The summed E-state index contributed by atoms with van der Waals surface area (Å²) < 4.78 is 25.4. The molecule has 8 heteroatoms. The topological polar surface area (TPSA) is 79.2 Å². The summed E-state index contributed by atoms with van der Waals surface area (Å²) in [6, 6.07) is 0.458. The molecule has 0 radical (unpaired) electrons. The lowest BCUT2D eigenvalue weighted by Crippen LogP contribution is -2.47. The molecule has 0 bridgehead atoms. The average molecular weight is 290 g/mol. The van der Waals surface area contributed by atoms with Crippen LogP contribution in [-0.2, 0) is 6.54 Å². The lowest BCUT2D eigenvalue weighted by atomic mass is 9.87. The Bertz CT molecular complexity index is 443. The average Bonchev–Trinajstić information content (AvgIpc) is 2.70. The minimum atomic E-state index is -2.50. The van der Waals surface area contributed by atoms with Gasteiger partial charge in [0, 0.05) is 12.3 Å². The van der Waals surface area contributed by atoms with Crippen molar-refractivity contribution in [2.24, 2.45) is 5.41 Å². The molecular formula is C12H20F2N4O2. The zero-order chi connectivity index (χ0) is 15.3. The first kappa shape index (κ1) is 16.4. The normalized spacial score (nSPS) is 13.3. The third-order valence-electron chi connectivity index (χ3n) is 2.74. The summed E-state index contributed by atoms with van der Waals surface area (Å²) in [5.41, 5.74) is -0.304. The zero-order valence-corrected chi connectivity index (χ0v) is 11.7. The van der Waals surface area contributed by atoms with E-state index in [9.17, 15) is 18.7 Å². The maximum Gasteiger partial charge on any atom is 0.320 e. The van der Waals surface area contributed by atoms with Crippen LogP contribution in [0.15, 0.2) is 12.3 Å². The predicted molar refractivity (Wildman–Crippen MR) is 70.7 cm³/mol. The molecule has 0 aliphatic carbocycles. The molecule has 0 saturated carbocycles. The monoisotopic (exact) mass is 290 g/mol. The van der Waals surface area contributed by atoms with Crippen LogP contribution in [0.4, 0.5) is 19.4 Å². The summed E-state index contributed by atoms with van der Waals surface area (Å²) in [5, 5.41) is 18.1. The van der Waals surface area contributed by atoms with Gasteiger partial charge in [-0.05, 0) is 5.41 Å². The number of halogens is 2. The van der Waals surface area contributed by atoms with Gasteiger partial charge in [-0.25, -0.2) is 13.6 Å². The molecule has 0 aromatic carbocycles. The van der Waals surface area contributed by atoms with E-state index in [2.05, 4.69) is 15.7 Å². The molecule has 0 aliphatic rings. The van der Waals surface area contributed by atoms with Crippen LogP contribution in [0, 0.1) is 5.41 Å². The standard InChI is InChI=1S/C12H20F2N4O2/c1-12(2,3)8(7-19)15-11(20)16-10-4-5-18(17-10)6-9(13)14/h4-5,8-9,19H,6-7H2,1-3H3,(H2,15,16,17,20)/t8-/m1/s1. The number of carbonyl (C=O) groups is 1. The summed E-state index contributed by atoms with van der Waals surface area (Å²) in [7, 11) is 0. The van der Waals surface area contributed by atoms with E-state index in [1.807, 2.05) is 20.8 Å². The van der Waals surface area contributed by atoms with E-state index in [0.29, 0.717) is 0 Å². The first-order valence-corrected chi connectivity index (χ1v) is 6.22. The Balaban J connectivity index is 2.56. The third-order valence-corrected chi connectivity index (χ3v) is 2.74.